The molecule has 0 unspecified atom stereocenters. The molecule has 198 valence electrons. The SMILES string of the molecule is CC=Cc1ccc(C=Cc2cc(OCCCCCCCC)c(C)cc2OCCCCCCCC)cc1. The maximum absolute atomic E-state index is 6.28. The van der Waals surface area contributed by atoms with Crippen molar-refractivity contribution in [2.45, 2.75) is 105 Å². The van der Waals surface area contributed by atoms with Crippen molar-refractivity contribution in [2.24, 2.45) is 0 Å². The van der Waals surface area contributed by atoms with Gasteiger partial charge in [0.15, 0.2) is 0 Å². The molecule has 0 atom stereocenters. The molecule has 0 aliphatic carbocycles. The summed E-state index contributed by atoms with van der Waals surface area (Å²) in [5.41, 5.74) is 4.63. The van der Waals surface area contributed by atoms with Gasteiger partial charge in [0.25, 0.3) is 0 Å². The van der Waals surface area contributed by atoms with Gasteiger partial charge in [0.2, 0.25) is 0 Å². The number of ether oxygens (including phenoxy) is 2. The van der Waals surface area contributed by atoms with Gasteiger partial charge in [-0.3, -0.25) is 0 Å². The van der Waals surface area contributed by atoms with Crippen molar-refractivity contribution < 1.29 is 9.47 Å². The number of hydrogen-bond acceptors (Lipinski definition) is 2. The second kappa shape index (κ2) is 18.7. The molecule has 0 heterocycles. The van der Waals surface area contributed by atoms with Crippen molar-refractivity contribution in [3.63, 3.8) is 0 Å². The van der Waals surface area contributed by atoms with E-state index in [1.54, 1.807) is 0 Å². The zero-order valence-electron chi connectivity index (χ0n) is 23.5. The predicted octanol–water partition coefficient (Wildman–Crippen LogP) is 10.7. The first kappa shape index (κ1) is 29.7. The molecule has 0 saturated heterocycles. The smallest absolute Gasteiger partial charge is 0.127 e. The van der Waals surface area contributed by atoms with E-state index in [-0.39, 0.29) is 0 Å². The van der Waals surface area contributed by atoms with Gasteiger partial charge in [0, 0.05) is 5.56 Å². The van der Waals surface area contributed by atoms with Crippen LogP contribution in [-0.4, -0.2) is 13.2 Å². The third-order valence-corrected chi connectivity index (χ3v) is 6.57. The quantitative estimate of drug-likeness (QED) is 0.144. The summed E-state index contributed by atoms with van der Waals surface area (Å²) >= 11 is 0. The standard InChI is InChI=1S/C34H50O2/c1-5-8-10-12-14-16-25-35-33-28-32(24-23-31-21-19-30(18-7-3)20-22-31)34(27-29(33)4)36-26-17-15-13-11-9-6-2/h7,18-24,27-28H,5-6,8-17,25-26H2,1-4H3. The third-order valence-electron chi connectivity index (χ3n) is 6.57. The number of unbranched alkanes of at least 4 members (excludes halogenated alkanes) is 10. The van der Waals surface area contributed by atoms with Crippen molar-refractivity contribution in [1.29, 1.82) is 0 Å². The Balaban J connectivity index is 2.04. The highest BCUT2D eigenvalue weighted by atomic mass is 16.5. The molecule has 36 heavy (non-hydrogen) atoms. The number of allylic oxidation sites excluding steroid dienone is 1. The Labute approximate surface area is 221 Å². The van der Waals surface area contributed by atoms with Crippen molar-refractivity contribution in [3.05, 3.63) is 64.7 Å². The normalized spacial score (nSPS) is 11.6. The van der Waals surface area contributed by atoms with Crippen LogP contribution in [0, 0.1) is 6.92 Å². The Morgan fingerprint density at radius 2 is 1.08 bits per heavy atom. The first-order valence-electron chi connectivity index (χ1n) is 14.5. The average Bonchev–Trinajstić information content (AvgIpc) is 2.89. The van der Waals surface area contributed by atoms with E-state index >= 15 is 0 Å². The Hall–Kier alpha value is -2.48. The topological polar surface area (TPSA) is 18.5 Å². The van der Waals surface area contributed by atoms with E-state index < -0.39 is 0 Å². The van der Waals surface area contributed by atoms with Crippen LogP contribution in [0.3, 0.4) is 0 Å². The van der Waals surface area contributed by atoms with Gasteiger partial charge in [0.1, 0.15) is 11.5 Å². The molecule has 0 bridgehead atoms. The predicted molar refractivity (Wildman–Crippen MR) is 159 cm³/mol. The van der Waals surface area contributed by atoms with Crippen LogP contribution in [0.2, 0.25) is 0 Å². The highest BCUT2D eigenvalue weighted by Gasteiger charge is 2.09. The van der Waals surface area contributed by atoms with Crippen LogP contribution in [0.25, 0.3) is 18.2 Å². The summed E-state index contributed by atoms with van der Waals surface area (Å²) in [6.07, 6.45) is 23.8. The molecule has 2 aromatic rings. The van der Waals surface area contributed by atoms with E-state index in [0.29, 0.717) is 0 Å². The highest BCUT2D eigenvalue weighted by Crippen LogP contribution is 2.31. The summed E-state index contributed by atoms with van der Waals surface area (Å²) in [6.45, 7) is 10.2. The minimum Gasteiger partial charge on any atom is -0.493 e. The monoisotopic (exact) mass is 490 g/mol. The molecular weight excluding hydrogens is 440 g/mol. The van der Waals surface area contributed by atoms with Crippen LogP contribution in [0.4, 0.5) is 0 Å². The van der Waals surface area contributed by atoms with Gasteiger partial charge in [-0.2, -0.15) is 0 Å². The van der Waals surface area contributed by atoms with E-state index in [4.69, 9.17) is 9.47 Å². The fraction of sp³-hybridized carbons (Fsp3) is 0.529. The van der Waals surface area contributed by atoms with Gasteiger partial charge in [-0.1, -0.05) is 127 Å². The average molecular weight is 491 g/mol. The number of rotatable bonds is 19. The summed E-state index contributed by atoms with van der Waals surface area (Å²) in [5.74, 6) is 1.92. The number of benzene rings is 2. The van der Waals surface area contributed by atoms with Crippen molar-refractivity contribution >= 4 is 18.2 Å². The lowest BCUT2D eigenvalue weighted by atomic mass is 10.1. The first-order chi connectivity index (χ1) is 17.7. The van der Waals surface area contributed by atoms with E-state index in [0.717, 1.165) is 48.7 Å². The molecule has 0 amide bonds. The molecule has 0 aliphatic rings. The summed E-state index contributed by atoms with van der Waals surface area (Å²) in [7, 11) is 0. The summed E-state index contributed by atoms with van der Waals surface area (Å²) in [4.78, 5) is 0. The fourth-order valence-corrected chi connectivity index (χ4v) is 4.31. The molecule has 0 aromatic heterocycles. The molecule has 2 nitrogen and oxygen atoms in total. The largest absolute Gasteiger partial charge is 0.493 e. The number of hydrogen-bond donors (Lipinski definition) is 0. The van der Waals surface area contributed by atoms with E-state index in [1.165, 1.54) is 75.3 Å². The Bertz CT molecular complexity index is 892. The Kier molecular flexibility index (Phi) is 15.5. The van der Waals surface area contributed by atoms with Gasteiger partial charge >= 0.3 is 0 Å². The van der Waals surface area contributed by atoms with Gasteiger partial charge in [-0.05, 0) is 55.5 Å². The highest BCUT2D eigenvalue weighted by molar-refractivity contribution is 5.74. The maximum Gasteiger partial charge on any atom is 0.127 e. The van der Waals surface area contributed by atoms with Crippen LogP contribution in [0.1, 0.15) is 120 Å². The van der Waals surface area contributed by atoms with Gasteiger partial charge in [0.05, 0.1) is 13.2 Å². The molecule has 0 aliphatic heterocycles. The lowest BCUT2D eigenvalue weighted by molar-refractivity contribution is 0.294. The molecular formula is C34H50O2. The van der Waals surface area contributed by atoms with E-state index in [9.17, 15) is 0 Å². The molecule has 0 N–H and O–H groups in total. The van der Waals surface area contributed by atoms with Crippen LogP contribution in [-0.2, 0) is 0 Å². The molecule has 2 rings (SSSR count). The van der Waals surface area contributed by atoms with Crippen molar-refractivity contribution in [3.8, 4) is 11.5 Å². The lowest BCUT2D eigenvalue weighted by Crippen LogP contribution is -2.02. The summed E-state index contributed by atoms with van der Waals surface area (Å²) in [6, 6.07) is 12.9. The Morgan fingerprint density at radius 3 is 1.64 bits per heavy atom. The minimum atomic E-state index is 0.766. The molecule has 0 saturated carbocycles. The fourth-order valence-electron chi connectivity index (χ4n) is 4.31. The van der Waals surface area contributed by atoms with E-state index in [2.05, 4.69) is 81.5 Å². The van der Waals surface area contributed by atoms with Crippen molar-refractivity contribution in [1.82, 2.24) is 0 Å². The van der Waals surface area contributed by atoms with E-state index in [1.807, 2.05) is 6.92 Å². The second-order valence-electron chi connectivity index (χ2n) is 9.89. The summed E-state index contributed by atoms with van der Waals surface area (Å²) in [5, 5.41) is 0. The minimum absolute atomic E-state index is 0.766. The van der Waals surface area contributed by atoms with Crippen LogP contribution in [0.5, 0.6) is 11.5 Å². The Morgan fingerprint density at radius 1 is 0.583 bits per heavy atom. The second-order valence-corrected chi connectivity index (χ2v) is 9.89. The van der Waals surface area contributed by atoms with Gasteiger partial charge in [-0.25, -0.2) is 0 Å². The first-order valence-corrected chi connectivity index (χ1v) is 14.5. The van der Waals surface area contributed by atoms with Gasteiger partial charge in [-0.15, -0.1) is 0 Å². The molecule has 0 radical (unpaired) electrons. The van der Waals surface area contributed by atoms with Crippen LogP contribution in [0.15, 0.2) is 42.5 Å². The zero-order valence-corrected chi connectivity index (χ0v) is 23.5. The van der Waals surface area contributed by atoms with Crippen LogP contribution >= 0.6 is 0 Å². The molecule has 0 fully saturated rings. The molecule has 2 aromatic carbocycles. The molecule has 2 heteroatoms. The third kappa shape index (κ3) is 12.0. The zero-order chi connectivity index (χ0) is 25.8. The molecule has 0 spiro atoms. The summed E-state index contributed by atoms with van der Waals surface area (Å²) < 4.78 is 12.5. The lowest BCUT2D eigenvalue weighted by Gasteiger charge is -2.15. The number of aryl methyl sites for hydroxylation is 1. The van der Waals surface area contributed by atoms with Crippen molar-refractivity contribution in [2.75, 3.05) is 13.2 Å². The maximum atomic E-state index is 6.28. The van der Waals surface area contributed by atoms with Crippen LogP contribution < -0.4 is 9.47 Å². The van der Waals surface area contributed by atoms with Gasteiger partial charge < -0.3 is 9.47 Å².